The quantitative estimate of drug-likeness (QED) is 0.202. The van der Waals surface area contributed by atoms with Crippen LogP contribution in [0.15, 0.2) is 72.8 Å². The third-order valence-electron chi connectivity index (χ3n) is 7.01. The maximum absolute atomic E-state index is 13.7. The zero-order valence-electron chi connectivity index (χ0n) is 21.4. The van der Waals surface area contributed by atoms with Crippen molar-refractivity contribution in [1.29, 1.82) is 0 Å². The number of halogens is 7. The van der Waals surface area contributed by atoms with Gasteiger partial charge in [0.25, 0.3) is 0 Å². The number of rotatable bonds is 9. The summed E-state index contributed by atoms with van der Waals surface area (Å²) in [6.07, 6.45) is -10.3. The minimum atomic E-state index is -5.01. The van der Waals surface area contributed by atoms with Crippen molar-refractivity contribution < 1.29 is 48.4 Å². The van der Waals surface area contributed by atoms with E-state index in [0.29, 0.717) is 23.3 Å². The lowest BCUT2D eigenvalue weighted by molar-refractivity contribution is -0.143. The molecule has 5 nitrogen and oxygen atoms in total. The molecule has 1 unspecified atom stereocenters. The SMILES string of the molecule is O=S(=O)([O-])CCC[C@@]1(c2ccc(F)cc2)CN(C(Cc2cc(C(F)(F)F)cc(C(F)(F)F)c2)c2ccccc2)CO1. The number of benzene rings is 3. The van der Waals surface area contributed by atoms with Gasteiger partial charge in [-0.3, -0.25) is 4.90 Å². The molecule has 0 bridgehead atoms. The second-order valence-electron chi connectivity index (χ2n) is 9.93. The van der Waals surface area contributed by atoms with Crippen molar-refractivity contribution in [2.75, 3.05) is 19.0 Å². The lowest BCUT2D eigenvalue weighted by Gasteiger charge is -2.32. The predicted octanol–water partition coefficient (Wildman–Crippen LogP) is 6.66. The Balaban J connectivity index is 1.72. The maximum Gasteiger partial charge on any atom is 0.416 e. The molecule has 0 amide bonds. The van der Waals surface area contributed by atoms with Gasteiger partial charge >= 0.3 is 12.4 Å². The molecule has 0 aromatic heterocycles. The number of hydrogen-bond donors (Lipinski definition) is 0. The van der Waals surface area contributed by atoms with Gasteiger partial charge in [0.05, 0.1) is 21.2 Å². The number of hydrogen-bond acceptors (Lipinski definition) is 5. The third-order valence-corrected chi connectivity index (χ3v) is 7.80. The zero-order valence-corrected chi connectivity index (χ0v) is 22.2. The van der Waals surface area contributed by atoms with Gasteiger partial charge in [0.2, 0.25) is 0 Å². The molecule has 0 spiro atoms. The Kier molecular flexibility index (Phi) is 8.84. The molecule has 13 heteroatoms. The summed E-state index contributed by atoms with van der Waals surface area (Å²) in [6, 6.07) is 14.4. The van der Waals surface area contributed by atoms with Crippen LogP contribution in [0.3, 0.4) is 0 Å². The fraction of sp³-hybridized carbons (Fsp3) is 0.357. The van der Waals surface area contributed by atoms with Crippen LogP contribution in [0.2, 0.25) is 0 Å². The summed E-state index contributed by atoms with van der Waals surface area (Å²) in [7, 11) is -4.54. The van der Waals surface area contributed by atoms with Crippen molar-refractivity contribution in [3.8, 4) is 0 Å². The molecule has 41 heavy (non-hydrogen) atoms. The second kappa shape index (κ2) is 11.7. The molecule has 0 radical (unpaired) electrons. The standard InChI is InChI=1S/C28H26F7NO4S/c29-24-9-7-21(8-10-24)26(11-4-12-41(37,38)39)17-36(18-40-26)25(20-5-2-1-3-6-20)15-19-13-22(27(30,31)32)16-23(14-19)28(33,34)35/h1-3,5-10,13-14,16,25H,4,11-12,15,17-18H2,(H,37,38,39)/p-1/t25?,26-/m0/s1. The van der Waals surface area contributed by atoms with Crippen molar-refractivity contribution in [3.05, 3.63) is 106 Å². The van der Waals surface area contributed by atoms with Crippen LogP contribution < -0.4 is 0 Å². The van der Waals surface area contributed by atoms with Gasteiger partial charge in [-0.25, -0.2) is 12.8 Å². The van der Waals surface area contributed by atoms with E-state index in [4.69, 9.17) is 4.74 Å². The first-order valence-electron chi connectivity index (χ1n) is 12.5. The lowest BCUT2D eigenvalue weighted by Crippen LogP contribution is -2.35. The third kappa shape index (κ3) is 7.85. The molecule has 0 aliphatic carbocycles. The Hall–Kier alpha value is -3.00. The van der Waals surface area contributed by atoms with Gasteiger partial charge in [-0.15, -0.1) is 0 Å². The van der Waals surface area contributed by atoms with Crippen molar-refractivity contribution in [2.45, 2.75) is 43.3 Å². The Labute approximate surface area is 232 Å². The highest BCUT2D eigenvalue weighted by molar-refractivity contribution is 7.85. The first-order chi connectivity index (χ1) is 19.1. The molecule has 4 rings (SSSR count). The molecule has 1 heterocycles. The topological polar surface area (TPSA) is 69.7 Å². The molecular weight excluding hydrogens is 579 g/mol. The summed E-state index contributed by atoms with van der Waals surface area (Å²) >= 11 is 0. The Bertz CT molecular complexity index is 1410. The molecule has 1 saturated heterocycles. The van der Waals surface area contributed by atoms with Gasteiger partial charge in [-0.1, -0.05) is 42.5 Å². The summed E-state index contributed by atoms with van der Waals surface area (Å²) in [5.74, 6) is -1.21. The van der Waals surface area contributed by atoms with Crippen LogP contribution in [0, 0.1) is 5.82 Å². The molecular formula is C28H25F7NO4S-. The average Bonchev–Trinajstić information content (AvgIpc) is 3.31. The monoisotopic (exact) mass is 604 g/mol. The second-order valence-corrected chi connectivity index (χ2v) is 11.5. The van der Waals surface area contributed by atoms with Gasteiger partial charge in [0.15, 0.2) is 0 Å². The van der Waals surface area contributed by atoms with Gasteiger partial charge in [0, 0.05) is 18.3 Å². The van der Waals surface area contributed by atoms with Crippen LogP contribution in [0.1, 0.15) is 46.7 Å². The number of nitrogens with zero attached hydrogens (tertiary/aromatic N) is 1. The van der Waals surface area contributed by atoms with E-state index in [9.17, 15) is 43.7 Å². The summed E-state index contributed by atoms with van der Waals surface area (Å²) in [4.78, 5) is 1.72. The minimum absolute atomic E-state index is 0.0416. The van der Waals surface area contributed by atoms with E-state index in [2.05, 4.69) is 0 Å². The van der Waals surface area contributed by atoms with Crippen molar-refractivity contribution >= 4 is 10.1 Å². The van der Waals surface area contributed by atoms with E-state index in [1.165, 1.54) is 24.3 Å². The average molecular weight is 605 g/mol. The first-order valence-corrected chi connectivity index (χ1v) is 14.0. The molecule has 2 atom stereocenters. The van der Waals surface area contributed by atoms with Crippen LogP contribution in [0.5, 0.6) is 0 Å². The summed E-state index contributed by atoms with van der Waals surface area (Å²) in [5.41, 5.74) is -3.18. The van der Waals surface area contributed by atoms with Crippen molar-refractivity contribution in [3.63, 3.8) is 0 Å². The predicted molar refractivity (Wildman–Crippen MR) is 134 cm³/mol. The molecule has 222 valence electrons. The number of ether oxygens (including phenoxy) is 1. The van der Waals surface area contributed by atoms with Gasteiger partial charge < -0.3 is 9.29 Å². The summed E-state index contributed by atoms with van der Waals surface area (Å²) in [5, 5.41) is 0. The molecule has 3 aromatic carbocycles. The van der Waals surface area contributed by atoms with Crippen LogP contribution in [-0.2, 0) is 39.2 Å². The lowest BCUT2D eigenvalue weighted by atomic mass is 9.88. The van der Waals surface area contributed by atoms with Gasteiger partial charge in [-0.05, 0) is 66.3 Å². The fourth-order valence-corrected chi connectivity index (χ4v) is 5.58. The van der Waals surface area contributed by atoms with E-state index in [1.807, 2.05) is 0 Å². The van der Waals surface area contributed by atoms with Gasteiger partial charge in [-0.2, -0.15) is 26.3 Å². The molecule has 0 N–H and O–H groups in total. The van der Waals surface area contributed by atoms with E-state index >= 15 is 0 Å². The molecule has 1 aliphatic rings. The van der Waals surface area contributed by atoms with E-state index in [0.717, 1.165) is 0 Å². The van der Waals surface area contributed by atoms with Crippen LogP contribution in [0.25, 0.3) is 0 Å². The zero-order chi connectivity index (χ0) is 30.1. The fourth-order valence-electron chi connectivity index (χ4n) is 5.08. The molecule has 1 aliphatic heterocycles. The smallest absolute Gasteiger partial charge is 0.416 e. The minimum Gasteiger partial charge on any atom is -0.748 e. The van der Waals surface area contributed by atoms with Crippen molar-refractivity contribution in [2.24, 2.45) is 0 Å². The van der Waals surface area contributed by atoms with E-state index in [-0.39, 0.29) is 44.2 Å². The first kappa shape index (κ1) is 30.9. The molecule has 1 fully saturated rings. The highest BCUT2D eigenvalue weighted by Gasteiger charge is 2.44. The van der Waals surface area contributed by atoms with Crippen LogP contribution in [-0.4, -0.2) is 36.9 Å². The van der Waals surface area contributed by atoms with Gasteiger partial charge in [0.1, 0.15) is 18.1 Å². The molecule has 3 aromatic rings. The van der Waals surface area contributed by atoms with E-state index < -0.39 is 56.8 Å². The maximum atomic E-state index is 13.7. The van der Waals surface area contributed by atoms with Crippen LogP contribution >= 0.6 is 0 Å². The highest BCUT2D eigenvalue weighted by Crippen LogP contribution is 2.42. The normalized spacial score (nSPS) is 19.4. The summed E-state index contributed by atoms with van der Waals surface area (Å²) in [6.45, 7) is -0.0751. The van der Waals surface area contributed by atoms with E-state index in [1.54, 1.807) is 35.2 Å². The Morgan fingerprint density at radius 2 is 1.49 bits per heavy atom. The molecule has 0 saturated carbocycles. The summed E-state index contributed by atoms with van der Waals surface area (Å²) < 4.78 is 135. The largest absolute Gasteiger partial charge is 0.748 e. The Morgan fingerprint density at radius 3 is 2.02 bits per heavy atom. The van der Waals surface area contributed by atoms with Crippen LogP contribution in [0.4, 0.5) is 30.7 Å². The number of alkyl halides is 6. The van der Waals surface area contributed by atoms with Crippen molar-refractivity contribution in [1.82, 2.24) is 4.90 Å². The Morgan fingerprint density at radius 1 is 0.902 bits per heavy atom. The highest BCUT2D eigenvalue weighted by atomic mass is 32.2.